The predicted molar refractivity (Wildman–Crippen MR) is 198 cm³/mol. The van der Waals surface area contributed by atoms with Gasteiger partial charge in [-0.1, -0.05) is 67.9 Å². The van der Waals surface area contributed by atoms with Gasteiger partial charge in [-0.2, -0.15) is 5.26 Å². The van der Waals surface area contributed by atoms with E-state index < -0.39 is 42.5 Å². The molecule has 0 bridgehead atoms. The molecule has 52 heavy (non-hydrogen) atoms. The summed E-state index contributed by atoms with van der Waals surface area (Å²) in [6.45, 7) is 3.80. The number of hydrogen-bond acceptors (Lipinski definition) is 12. The molecule has 13 heteroatoms. The molecule has 0 saturated heterocycles. The first-order valence-corrected chi connectivity index (χ1v) is 17.5. The number of hydrogen-bond donors (Lipinski definition) is 7. The Balaban J connectivity index is 1.63. The van der Waals surface area contributed by atoms with Gasteiger partial charge in [0.2, 0.25) is 0 Å². The van der Waals surface area contributed by atoms with E-state index in [0.717, 1.165) is 11.1 Å². The Morgan fingerprint density at radius 2 is 1.75 bits per heavy atom. The summed E-state index contributed by atoms with van der Waals surface area (Å²) in [7, 11) is 0. The lowest BCUT2D eigenvalue weighted by atomic mass is 9.65. The largest absolute Gasteiger partial charge is 0.488 e. The number of aromatic nitrogens is 1. The molecular weight excluding hydrogens is 688 g/mol. The zero-order chi connectivity index (χ0) is 37.6. The Bertz CT molecular complexity index is 1680. The maximum absolute atomic E-state index is 9.87. The summed E-state index contributed by atoms with van der Waals surface area (Å²) in [6, 6.07) is 17.1. The average Bonchev–Trinajstić information content (AvgIpc) is 3.17. The molecule has 0 saturated carbocycles. The first-order chi connectivity index (χ1) is 25.1. The van der Waals surface area contributed by atoms with Crippen molar-refractivity contribution in [2.45, 2.75) is 50.7 Å². The van der Waals surface area contributed by atoms with Crippen LogP contribution in [0.1, 0.15) is 42.5 Å². The van der Waals surface area contributed by atoms with Gasteiger partial charge in [0.15, 0.2) is 0 Å². The molecule has 1 aromatic heterocycles. The van der Waals surface area contributed by atoms with E-state index in [1.807, 2.05) is 30.4 Å². The van der Waals surface area contributed by atoms with Crippen LogP contribution in [0.3, 0.4) is 0 Å². The number of benzene rings is 2. The van der Waals surface area contributed by atoms with Crippen LogP contribution in [0.2, 0.25) is 5.02 Å². The van der Waals surface area contributed by atoms with Crippen molar-refractivity contribution in [2.24, 2.45) is 5.41 Å². The SMILES string of the molecule is CC1(C)C(c2ccccc2)=CC=C[C@]1(COc1cc(OCc2cncc(C#N)c2)c(CNC(CO)(CO)CO)cc1Cl)OCCCNCC(O)CO. The van der Waals surface area contributed by atoms with Gasteiger partial charge in [-0.25, -0.2) is 0 Å². The molecule has 0 spiro atoms. The third-order valence-electron chi connectivity index (χ3n) is 9.33. The number of allylic oxidation sites excluding steroid dienone is 2. The van der Waals surface area contributed by atoms with Crippen LogP contribution in [0.15, 0.2) is 79.2 Å². The number of nitrogens with zero attached hydrogens (tertiary/aromatic N) is 2. The number of pyridine rings is 1. The van der Waals surface area contributed by atoms with Crippen molar-refractivity contribution in [3.8, 4) is 17.6 Å². The van der Waals surface area contributed by atoms with Crippen LogP contribution in [-0.4, -0.2) is 100 Å². The van der Waals surface area contributed by atoms with Crippen LogP contribution in [0.25, 0.3) is 5.57 Å². The van der Waals surface area contributed by atoms with Gasteiger partial charge in [0.1, 0.15) is 36.4 Å². The zero-order valence-electron chi connectivity index (χ0n) is 29.6. The summed E-state index contributed by atoms with van der Waals surface area (Å²) in [5, 5.41) is 64.2. The first-order valence-electron chi connectivity index (χ1n) is 17.1. The molecule has 1 unspecified atom stereocenters. The van der Waals surface area contributed by atoms with E-state index in [2.05, 4.69) is 53.7 Å². The molecule has 4 rings (SSSR count). The maximum Gasteiger partial charge on any atom is 0.141 e. The van der Waals surface area contributed by atoms with Crippen molar-refractivity contribution >= 4 is 17.2 Å². The maximum atomic E-state index is 9.87. The van der Waals surface area contributed by atoms with Crippen LogP contribution >= 0.6 is 11.6 Å². The number of rotatable bonds is 21. The molecule has 0 aliphatic heterocycles. The van der Waals surface area contributed by atoms with Crippen molar-refractivity contribution in [1.82, 2.24) is 15.6 Å². The summed E-state index contributed by atoms with van der Waals surface area (Å²) in [5.74, 6) is 0.705. The molecule has 0 amide bonds. The van der Waals surface area contributed by atoms with E-state index >= 15 is 0 Å². The van der Waals surface area contributed by atoms with E-state index in [4.69, 9.17) is 30.9 Å². The van der Waals surface area contributed by atoms with Crippen molar-refractivity contribution < 1.29 is 39.7 Å². The Kier molecular flexibility index (Phi) is 15.2. The molecule has 12 nitrogen and oxygen atoms in total. The summed E-state index contributed by atoms with van der Waals surface area (Å²) in [5.41, 5.74) is 0.853. The van der Waals surface area contributed by atoms with Gasteiger partial charge in [0.25, 0.3) is 0 Å². The highest BCUT2D eigenvalue weighted by Gasteiger charge is 2.49. The van der Waals surface area contributed by atoms with Gasteiger partial charge in [0, 0.05) is 54.7 Å². The highest BCUT2D eigenvalue weighted by atomic mass is 35.5. The van der Waals surface area contributed by atoms with Gasteiger partial charge in [-0.3, -0.25) is 4.98 Å². The fourth-order valence-corrected chi connectivity index (χ4v) is 6.08. The molecule has 280 valence electrons. The normalized spacial score (nSPS) is 17.3. The number of nitriles is 1. The van der Waals surface area contributed by atoms with E-state index in [0.29, 0.717) is 47.8 Å². The minimum Gasteiger partial charge on any atom is -0.488 e. The van der Waals surface area contributed by atoms with E-state index in [-0.39, 0.29) is 37.9 Å². The third kappa shape index (κ3) is 10.2. The summed E-state index contributed by atoms with van der Waals surface area (Å²) in [4.78, 5) is 4.11. The molecule has 1 heterocycles. The number of aliphatic hydroxyl groups excluding tert-OH is 5. The van der Waals surface area contributed by atoms with Gasteiger partial charge in [0.05, 0.1) is 48.7 Å². The van der Waals surface area contributed by atoms with E-state index in [1.165, 1.54) is 6.20 Å². The number of ether oxygens (including phenoxy) is 3. The lowest BCUT2D eigenvalue weighted by Crippen LogP contribution is -2.54. The van der Waals surface area contributed by atoms with Crippen molar-refractivity contribution in [1.29, 1.82) is 5.26 Å². The van der Waals surface area contributed by atoms with Gasteiger partial charge >= 0.3 is 0 Å². The summed E-state index contributed by atoms with van der Waals surface area (Å²) < 4.78 is 19.5. The fourth-order valence-electron chi connectivity index (χ4n) is 5.84. The monoisotopic (exact) mass is 736 g/mol. The Labute approximate surface area is 310 Å². The van der Waals surface area contributed by atoms with E-state index in [1.54, 1.807) is 24.4 Å². The third-order valence-corrected chi connectivity index (χ3v) is 9.63. The van der Waals surface area contributed by atoms with Crippen LogP contribution in [0, 0.1) is 16.7 Å². The molecular formula is C39H49ClN4O8. The second-order valence-corrected chi connectivity index (χ2v) is 13.7. The topological polar surface area (TPSA) is 190 Å². The van der Waals surface area contributed by atoms with Gasteiger partial charge in [-0.05, 0) is 42.3 Å². The second-order valence-electron chi connectivity index (χ2n) is 13.3. The standard InChI is InChI=1S/C39H49ClN4O8/c1-37(2)33(30-8-4-3-5-9-30)10-6-11-39(37,52-13-7-12-42-21-32(49)22-45)27-51-36-16-35(50-23-29-14-28(17-41)18-43-19-29)31(15-34(36)40)20-44-38(24-46,25-47)26-48/h3-6,8-11,14-16,18-19,32,42,44-49H,7,12-13,20-27H2,1-2H3/t32?,39-/m1/s1. The Hall–Kier alpha value is -3.87. The number of halogens is 1. The van der Waals surface area contributed by atoms with Crippen LogP contribution < -0.4 is 20.1 Å². The van der Waals surface area contributed by atoms with Gasteiger partial charge < -0.3 is 50.4 Å². The predicted octanol–water partition coefficient (Wildman–Crippen LogP) is 3.14. The molecule has 2 atom stereocenters. The second kappa shape index (κ2) is 19.3. The molecule has 1 aliphatic rings. The molecule has 1 aliphatic carbocycles. The van der Waals surface area contributed by atoms with Crippen LogP contribution in [0.4, 0.5) is 0 Å². The highest BCUT2D eigenvalue weighted by molar-refractivity contribution is 6.32. The Morgan fingerprint density at radius 3 is 2.44 bits per heavy atom. The number of aliphatic hydroxyl groups is 5. The minimum absolute atomic E-state index is 0.0686. The molecule has 3 aromatic rings. The lowest BCUT2D eigenvalue weighted by molar-refractivity contribution is -0.0916. The first kappa shape index (κ1) is 40.9. The van der Waals surface area contributed by atoms with Crippen molar-refractivity contribution in [3.05, 3.63) is 106 Å². The molecule has 0 fully saturated rings. The smallest absolute Gasteiger partial charge is 0.141 e. The summed E-state index contributed by atoms with van der Waals surface area (Å²) in [6.07, 6.45) is 8.91. The molecule has 2 aromatic carbocycles. The average molecular weight is 737 g/mol. The lowest BCUT2D eigenvalue weighted by Gasteiger charge is -2.47. The number of nitrogens with one attached hydrogen (secondary N) is 2. The van der Waals surface area contributed by atoms with Gasteiger partial charge in [-0.15, -0.1) is 0 Å². The van der Waals surface area contributed by atoms with Crippen LogP contribution in [-0.2, 0) is 17.9 Å². The van der Waals surface area contributed by atoms with Crippen molar-refractivity contribution in [2.75, 3.05) is 52.7 Å². The molecule has 7 N–H and O–H groups in total. The van der Waals surface area contributed by atoms with E-state index in [9.17, 15) is 25.7 Å². The highest BCUT2D eigenvalue weighted by Crippen LogP contribution is 2.49. The van der Waals surface area contributed by atoms with Crippen molar-refractivity contribution in [3.63, 3.8) is 0 Å². The molecule has 0 radical (unpaired) electrons. The summed E-state index contributed by atoms with van der Waals surface area (Å²) >= 11 is 6.85. The quantitative estimate of drug-likeness (QED) is 0.0793. The Morgan fingerprint density at radius 1 is 1.00 bits per heavy atom. The minimum atomic E-state index is -1.34. The van der Waals surface area contributed by atoms with Crippen LogP contribution in [0.5, 0.6) is 11.5 Å². The fraction of sp³-hybridized carbons (Fsp3) is 0.436. The zero-order valence-corrected chi connectivity index (χ0v) is 30.4.